The number of rotatable bonds is 5. The van der Waals surface area contributed by atoms with Crippen LogP contribution in [-0.4, -0.2) is 10.9 Å². The highest BCUT2D eigenvalue weighted by Crippen LogP contribution is 2.18. The summed E-state index contributed by atoms with van der Waals surface area (Å²) in [6.45, 7) is 4.02. The number of thiocarbonyl (C=S) groups is 1. The molecule has 1 unspecified atom stereocenters. The third-order valence-electron chi connectivity index (χ3n) is 2.75. The predicted octanol–water partition coefficient (Wildman–Crippen LogP) is 2.83. The van der Waals surface area contributed by atoms with Gasteiger partial charge >= 0.3 is 0 Å². The van der Waals surface area contributed by atoms with Gasteiger partial charge in [0.2, 0.25) is 5.91 Å². The number of amides is 1. The molecule has 0 saturated heterocycles. The highest BCUT2D eigenvalue weighted by Gasteiger charge is 2.12. The third kappa shape index (κ3) is 4.07. The summed E-state index contributed by atoms with van der Waals surface area (Å²) in [5.74, 6) is -0.245. The van der Waals surface area contributed by atoms with E-state index in [1.807, 2.05) is 13.8 Å². The summed E-state index contributed by atoms with van der Waals surface area (Å²) in [6.07, 6.45) is 1.35. The van der Waals surface area contributed by atoms with Gasteiger partial charge in [0, 0.05) is 12.0 Å². The first-order valence-corrected chi connectivity index (χ1v) is 6.24. The van der Waals surface area contributed by atoms with Gasteiger partial charge in [-0.3, -0.25) is 4.79 Å². The molecule has 0 bridgehead atoms. The molecular formula is C13H17FN2OS. The van der Waals surface area contributed by atoms with Crippen LogP contribution in [0, 0.1) is 11.7 Å². The molecule has 1 atom stereocenters. The number of nitrogens with one attached hydrogen (secondary N) is 1. The van der Waals surface area contributed by atoms with Gasteiger partial charge in [-0.15, -0.1) is 0 Å². The van der Waals surface area contributed by atoms with Crippen molar-refractivity contribution in [2.24, 2.45) is 11.7 Å². The average molecular weight is 268 g/mol. The molecule has 1 rings (SSSR count). The van der Waals surface area contributed by atoms with Gasteiger partial charge in [0.15, 0.2) is 0 Å². The first-order chi connectivity index (χ1) is 8.43. The Labute approximate surface area is 112 Å². The molecule has 1 amide bonds. The summed E-state index contributed by atoms with van der Waals surface area (Å²) in [5, 5.41) is 2.71. The maximum atomic E-state index is 13.1. The van der Waals surface area contributed by atoms with E-state index in [0.29, 0.717) is 23.6 Å². The van der Waals surface area contributed by atoms with E-state index in [1.54, 1.807) is 0 Å². The molecule has 0 radical (unpaired) electrons. The van der Waals surface area contributed by atoms with Gasteiger partial charge in [-0.05, 0) is 24.1 Å². The number of anilines is 1. The van der Waals surface area contributed by atoms with Gasteiger partial charge in [-0.2, -0.15) is 0 Å². The van der Waals surface area contributed by atoms with E-state index in [0.717, 1.165) is 6.42 Å². The molecule has 0 aromatic heterocycles. The van der Waals surface area contributed by atoms with Crippen LogP contribution in [0.3, 0.4) is 0 Å². The Bertz CT molecular complexity index is 462. The van der Waals surface area contributed by atoms with E-state index in [9.17, 15) is 9.18 Å². The van der Waals surface area contributed by atoms with E-state index in [-0.39, 0.29) is 10.9 Å². The van der Waals surface area contributed by atoms with Crippen LogP contribution in [-0.2, 0) is 4.79 Å². The van der Waals surface area contributed by atoms with Crippen LogP contribution in [0.25, 0.3) is 0 Å². The van der Waals surface area contributed by atoms with E-state index in [4.69, 9.17) is 18.0 Å². The lowest BCUT2D eigenvalue weighted by Crippen LogP contribution is -2.19. The Kier molecular flexibility index (Phi) is 5.22. The second-order valence-electron chi connectivity index (χ2n) is 4.32. The number of nitrogens with two attached hydrogens (primary N) is 1. The third-order valence-corrected chi connectivity index (χ3v) is 2.97. The minimum Gasteiger partial charge on any atom is -0.389 e. The highest BCUT2D eigenvalue weighted by atomic mass is 32.1. The van der Waals surface area contributed by atoms with Crippen LogP contribution in [0.15, 0.2) is 18.2 Å². The number of hydrogen-bond donors (Lipinski definition) is 2. The lowest BCUT2D eigenvalue weighted by atomic mass is 10.0. The smallest absolute Gasteiger partial charge is 0.224 e. The lowest BCUT2D eigenvalue weighted by Gasteiger charge is -2.12. The van der Waals surface area contributed by atoms with Gasteiger partial charge in [0.1, 0.15) is 10.8 Å². The molecule has 0 saturated carbocycles. The largest absolute Gasteiger partial charge is 0.389 e. The van der Waals surface area contributed by atoms with Crippen molar-refractivity contribution in [1.29, 1.82) is 0 Å². The van der Waals surface area contributed by atoms with Crippen molar-refractivity contribution in [2.45, 2.75) is 26.7 Å². The number of carbonyl (C=O) groups excluding carboxylic acids is 1. The topological polar surface area (TPSA) is 55.1 Å². The molecule has 0 aliphatic rings. The fourth-order valence-corrected chi connectivity index (χ4v) is 1.66. The average Bonchev–Trinajstić information content (AvgIpc) is 2.30. The molecule has 0 aliphatic heterocycles. The molecule has 0 heterocycles. The fraction of sp³-hybridized carbons (Fsp3) is 0.385. The molecule has 5 heteroatoms. The minimum atomic E-state index is -0.433. The summed E-state index contributed by atoms with van der Waals surface area (Å²) >= 11 is 4.83. The number of hydrogen-bond acceptors (Lipinski definition) is 2. The van der Waals surface area contributed by atoms with Crippen molar-refractivity contribution in [3.05, 3.63) is 29.6 Å². The molecular weight excluding hydrogens is 251 g/mol. The monoisotopic (exact) mass is 268 g/mol. The van der Waals surface area contributed by atoms with Crippen LogP contribution in [0.1, 0.15) is 32.3 Å². The zero-order chi connectivity index (χ0) is 13.7. The maximum absolute atomic E-state index is 13.1. The Hall–Kier alpha value is -1.49. The second-order valence-corrected chi connectivity index (χ2v) is 4.76. The summed E-state index contributed by atoms with van der Waals surface area (Å²) in [5.41, 5.74) is 6.31. The molecule has 1 aromatic rings. The first kappa shape index (κ1) is 14.6. The van der Waals surface area contributed by atoms with Gasteiger partial charge in [0.25, 0.3) is 0 Å². The number of benzene rings is 1. The first-order valence-electron chi connectivity index (χ1n) is 5.83. The summed E-state index contributed by atoms with van der Waals surface area (Å²) < 4.78 is 13.1. The molecule has 1 aromatic carbocycles. The zero-order valence-corrected chi connectivity index (χ0v) is 11.3. The molecule has 0 fully saturated rings. The summed E-state index contributed by atoms with van der Waals surface area (Å²) in [4.78, 5) is 11.8. The van der Waals surface area contributed by atoms with Gasteiger partial charge < -0.3 is 11.1 Å². The van der Waals surface area contributed by atoms with Crippen LogP contribution in [0.5, 0.6) is 0 Å². The van der Waals surface area contributed by atoms with Crippen molar-refractivity contribution in [2.75, 3.05) is 5.32 Å². The van der Waals surface area contributed by atoms with E-state index in [2.05, 4.69) is 5.32 Å². The molecule has 18 heavy (non-hydrogen) atoms. The fourth-order valence-electron chi connectivity index (χ4n) is 1.49. The van der Waals surface area contributed by atoms with Crippen molar-refractivity contribution < 1.29 is 9.18 Å². The van der Waals surface area contributed by atoms with Gasteiger partial charge in [-0.1, -0.05) is 32.5 Å². The van der Waals surface area contributed by atoms with Crippen LogP contribution < -0.4 is 11.1 Å². The molecule has 3 N–H and O–H groups in total. The van der Waals surface area contributed by atoms with Crippen molar-refractivity contribution >= 4 is 28.8 Å². The van der Waals surface area contributed by atoms with Crippen LogP contribution in [0.4, 0.5) is 10.1 Å². The molecule has 0 spiro atoms. The predicted molar refractivity (Wildman–Crippen MR) is 75.0 cm³/mol. The van der Waals surface area contributed by atoms with E-state index in [1.165, 1.54) is 18.2 Å². The lowest BCUT2D eigenvalue weighted by molar-refractivity contribution is -0.117. The summed E-state index contributed by atoms with van der Waals surface area (Å²) in [7, 11) is 0. The normalized spacial score (nSPS) is 11.9. The van der Waals surface area contributed by atoms with Crippen LogP contribution in [0.2, 0.25) is 0 Å². The Balaban J connectivity index is 2.84. The quantitative estimate of drug-likeness (QED) is 0.807. The second kappa shape index (κ2) is 6.44. The van der Waals surface area contributed by atoms with Crippen LogP contribution >= 0.6 is 12.2 Å². The zero-order valence-electron chi connectivity index (χ0n) is 10.5. The summed E-state index contributed by atoms with van der Waals surface area (Å²) in [6, 6.07) is 3.96. The van der Waals surface area contributed by atoms with Gasteiger partial charge in [-0.25, -0.2) is 4.39 Å². The Morgan fingerprint density at radius 3 is 2.78 bits per heavy atom. The van der Waals surface area contributed by atoms with Crippen molar-refractivity contribution in [3.8, 4) is 0 Å². The highest BCUT2D eigenvalue weighted by molar-refractivity contribution is 7.80. The van der Waals surface area contributed by atoms with Crippen molar-refractivity contribution in [1.82, 2.24) is 0 Å². The number of carbonyl (C=O) groups is 1. The van der Waals surface area contributed by atoms with Crippen molar-refractivity contribution in [3.63, 3.8) is 0 Å². The maximum Gasteiger partial charge on any atom is 0.224 e. The minimum absolute atomic E-state index is 0.0633. The SMILES string of the molecule is CCC(C)CC(=O)Nc1ccc(F)cc1C(N)=S. The standard InChI is InChI=1S/C13H17FN2OS/c1-3-8(2)6-12(17)16-11-5-4-9(14)7-10(11)13(15)18/h4-5,7-8H,3,6H2,1-2H3,(H2,15,18)(H,16,17). The number of halogens is 1. The molecule has 0 aliphatic carbocycles. The van der Waals surface area contributed by atoms with E-state index >= 15 is 0 Å². The molecule has 98 valence electrons. The van der Waals surface area contributed by atoms with E-state index < -0.39 is 5.82 Å². The molecule has 3 nitrogen and oxygen atoms in total. The Morgan fingerprint density at radius 1 is 1.56 bits per heavy atom. The Morgan fingerprint density at radius 2 is 2.22 bits per heavy atom. The van der Waals surface area contributed by atoms with Gasteiger partial charge in [0.05, 0.1) is 5.69 Å².